The largest absolute Gasteiger partial charge is 0.491 e. The first-order valence-corrected chi connectivity index (χ1v) is 11.4. The van der Waals surface area contributed by atoms with Crippen molar-refractivity contribution in [2.45, 2.75) is 30.1 Å². The van der Waals surface area contributed by atoms with Crippen LogP contribution in [0.2, 0.25) is 0 Å². The summed E-state index contributed by atoms with van der Waals surface area (Å²) in [7, 11) is -3.95. The van der Waals surface area contributed by atoms with E-state index in [2.05, 4.69) is 4.98 Å². The standard InChI is InChI=1S/C21H19N3O6S/c25-24(26)16-6-9-19-18(12-16)23(10-1-11-29-19)31(27,28)17-7-4-14(5-8-17)20-13-22-21(30-20)15-2-3-15/h4-9,12-13,15H,1-3,10-11H2. The average molecular weight is 441 g/mol. The molecule has 160 valence electrons. The van der Waals surface area contributed by atoms with Crippen LogP contribution in [0.1, 0.15) is 31.1 Å². The van der Waals surface area contributed by atoms with Crippen LogP contribution in [0, 0.1) is 10.1 Å². The maximum Gasteiger partial charge on any atom is 0.271 e. The van der Waals surface area contributed by atoms with E-state index in [1.165, 1.54) is 34.6 Å². The van der Waals surface area contributed by atoms with Crippen molar-refractivity contribution in [2.75, 3.05) is 17.5 Å². The fourth-order valence-electron chi connectivity index (χ4n) is 3.56. The molecular formula is C21H19N3O6S. The molecule has 1 aliphatic heterocycles. The summed E-state index contributed by atoms with van der Waals surface area (Å²) in [6, 6.07) is 10.3. The smallest absolute Gasteiger partial charge is 0.271 e. The lowest BCUT2D eigenvalue weighted by Gasteiger charge is -2.23. The highest BCUT2D eigenvalue weighted by Crippen LogP contribution is 2.41. The van der Waals surface area contributed by atoms with Gasteiger partial charge in [-0.15, -0.1) is 0 Å². The topological polar surface area (TPSA) is 116 Å². The van der Waals surface area contributed by atoms with Gasteiger partial charge in [0, 0.05) is 36.6 Å². The minimum atomic E-state index is -3.95. The van der Waals surface area contributed by atoms with Crippen LogP contribution in [0.3, 0.4) is 0 Å². The Labute approximate surface area is 178 Å². The van der Waals surface area contributed by atoms with Crippen LogP contribution in [0.4, 0.5) is 11.4 Å². The van der Waals surface area contributed by atoms with Gasteiger partial charge in [-0.1, -0.05) is 0 Å². The number of hydrogen-bond acceptors (Lipinski definition) is 7. The average Bonchev–Trinajstić information content (AvgIpc) is 3.54. The zero-order valence-electron chi connectivity index (χ0n) is 16.4. The van der Waals surface area contributed by atoms with Gasteiger partial charge in [0.05, 0.1) is 22.6 Å². The molecule has 0 radical (unpaired) electrons. The molecule has 0 bridgehead atoms. The Bertz CT molecular complexity index is 1250. The number of nitro groups is 1. The predicted molar refractivity (Wildman–Crippen MR) is 112 cm³/mol. The van der Waals surface area contributed by atoms with Crippen LogP contribution in [0.25, 0.3) is 11.3 Å². The van der Waals surface area contributed by atoms with Crippen molar-refractivity contribution >= 4 is 21.4 Å². The Morgan fingerprint density at radius 2 is 1.90 bits per heavy atom. The minimum Gasteiger partial charge on any atom is -0.491 e. The summed E-state index contributed by atoms with van der Waals surface area (Å²) < 4.78 is 39.4. The second kappa shape index (κ2) is 7.38. The summed E-state index contributed by atoms with van der Waals surface area (Å²) >= 11 is 0. The van der Waals surface area contributed by atoms with E-state index in [0.717, 1.165) is 24.3 Å². The Balaban J connectivity index is 1.48. The second-order valence-electron chi connectivity index (χ2n) is 7.55. The van der Waals surface area contributed by atoms with E-state index in [9.17, 15) is 18.5 Å². The fraction of sp³-hybridized carbons (Fsp3) is 0.286. The zero-order chi connectivity index (χ0) is 21.6. The molecule has 0 saturated heterocycles. The molecule has 1 aliphatic carbocycles. The summed E-state index contributed by atoms with van der Waals surface area (Å²) in [6.07, 6.45) is 4.27. The van der Waals surface area contributed by atoms with E-state index in [1.54, 1.807) is 18.3 Å². The fourth-order valence-corrected chi connectivity index (χ4v) is 5.06. The molecule has 1 fully saturated rings. The molecule has 2 aliphatic rings. The van der Waals surface area contributed by atoms with Crippen molar-refractivity contribution in [3.8, 4) is 17.1 Å². The molecule has 2 aromatic carbocycles. The summed E-state index contributed by atoms with van der Waals surface area (Å²) in [5.74, 6) is 2.00. The van der Waals surface area contributed by atoms with Gasteiger partial charge in [-0.05, 0) is 43.2 Å². The highest BCUT2D eigenvalue weighted by molar-refractivity contribution is 7.92. The molecule has 3 aromatic rings. The first kappa shape index (κ1) is 19.6. The number of sulfonamides is 1. The van der Waals surface area contributed by atoms with Crippen LogP contribution in [0.15, 0.2) is 58.0 Å². The van der Waals surface area contributed by atoms with Gasteiger partial charge < -0.3 is 9.15 Å². The Morgan fingerprint density at radius 3 is 2.61 bits per heavy atom. The van der Waals surface area contributed by atoms with Crippen molar-refractivity contribution < 1.29 is 22.5 Å². The molecule has 10 heteroatoms. The quantitative estimate of drug-likeness (QED) is 0.432. The zero-order valence-corrected chi connectivity index (χ0v) is 17.2. The SMILES string of the molecule is O=[N+]([O-])c1ccc2c(c1)N(S(=O)(=O)c1ccc(-c3cnc(C4CC4)o3)cc1)CCCO2. The number of aromatic nitrogens is 1. The number of nitrogens with zero attached hydrogens (tertiary/aromatic N) is 3. The van der Waals surface area contributed by atoms with E-state index in [1.807, 2.05) is 0 Å². The molecule has 0 amide bonds. The summed E-state index contributed by atoms with van der Waals surface area (Å²) in [6.45, 7) is 0.482. The molecule has 1 aromatic heterocycles. The molecule has 0 unspecified atom stereocenters. The van der Waals surface area contributed by atoms with Crippen molar-refractivity contribution in [1.82, 2.24) is 4.98 Å². The van der Waals surface area contributed by atoms with Crippen LogP contribution in [-0.4, -0.2) is 31.5 Å². The lowest BCUT2D eigenvalue weighted by atomic mass is 10.2. The van der Waals surface area contributed by atoms with E-state index < -0.39 is 14.9 Å². The lowest BCUT2D eigenvalue weighted by Crippen LogP contribution is -2.31. The Kier molecular flexibility index (Phi) is 4.66. The first-order chi connectivity index (χ1) is 14.9. The van der Waals surface area contributed by atoms with Crippen LogP contribution in [0.5, 0.6) is 5.75 Å². The summed E-state index contributed by atoms with van der Waals surface area (Å²) in [5.41, 5.74) is 0.699. The third-order valence-corrected chi connectivity index (χ3v) is 7.19. The molecule has 0 spiro atoms. The predicted octanol–water partition coefficient (Wildman–Crippen LogP) is 4.11. The number of fused-ring (bicyclic) bond motifs is 1. The summed E-state index contributed by atoms with van der Waals surface area (Å²) in [5, 5.41) is 11.2. The molecule has 2 heterocycles. The number of oxazole rings is 1. The van der Waals surface area contributed by atoms with Gasteiger partial charge in [0.2, 0.25) is 0 Å². The first-order valence-electron chi connectivity index (χ1n) is 9.93. The second-order valence-corrected chi connectivity index (χ2v) is 9.41. The van der Waals surface area contributed by atoms with Crippen molar-refractivity contribution in [2.24, 2.45) is 0 Å². The van der Waals surface area contributed by atoms with E-state index in [4.69, 9.17) is 9.15 Å². The third-order valence-electron chi connectivity index (χ3n) is 5.36. The van der Waals surface area contributed by atoms with Gasteiger partial charge in [0.1, 0.15) is 11.4 Å². The Morgan fingerprint density at radius 1 is 1.13 bits per heavy atom. The summed E-state index contributed by atoms with van der Waals surface area (Å²) in [4.78, 5) is 15.0. The molecule has 0 N–H and O–H groups in total. The van der Waals surface area contributed by atoms with Gasteiger partial charge >= 0.3 is 0 Å². The number of rotatable bonds is 5. The van der Waals surface area contributed by atoms with E-state index in [-0.39, 0.29) is 22.8 Å². The van der Waals surface area contributed by atoms with Gasteiger partial charge in [-0.2, -0.15) is 0 Å². The van der Waals surface area contributed by atoms with Gasteiger partial charge in [0.25, 0.3) is 15.7 Å². The molecule has 1 saturated carbocycles. The Hall–Kier alpha value is -3.40. The van der Waals surface area contributed by atoms with Crippen LogP contribution >= 0.6 is 0 Å². The number of non-ortho nitro benzene ring substituents is 1. The third kappa shape index (κ3) is 3.63. The van der Waals surface area contributed by atoms with Crippen LogP contribution < -0.4 is 9.04 Å². The molecule has 0 atom stereocenters. The number of benzene rings is 2. The highest BCUT2D eigenvalue weighted by atomic mass is 32.2. The maximum absolute atomic E-state index is 13.4. The van der Waals surface area contributed by atoms with Crippen molar-refractivity contribution in [3.63, 3.8) is 0 Å². The normalized spacial score (nSPS) is 16.3. The van der Waals surface area contributed by atoms with Gasteiger partial charge in [-0.3, -0.25) is 14.4 Å². The maximum atomic E-state index is 13.4. The lowest BCUT2D eigenvalue weighted by molar-refractivity contribution is -0.384. The van der Waals surface area contributed by atoms with E-state index >= 15 is 0 Å². The van der Waals surface area contributed by atoms with Crippen LogP contribution in [-0.2, 0) is 10.0 Å². The van der Waals surface area contributed by atoms with Gasteiger partial charge in [-0.25, -0.2) is 13.4 Å². The molecular weight excluding hydrogens is 422 g/mol. The number of hydrogen-bond donors (Lipinski definition) is 0. The molecule has 9 nitrogen and oxygen atoms in total. The number of anilines is 1. The monoisotopic (exact) mass is 441 g/mol. The molecule has 5 rings (SSSR count). The van der Waals surface area contributed by atoms with Crippen molar-refractivity contribution in [3.05, 3.63) is 64.7 Å². The van der Waals surface area contributed by atoms with Crippen molar-refractivity contribution in [1.29, 1.82) is 0 Å². The number of ether oxygens (including phenoxy) is 1. The molecule has 31 heavy (non-hydrogen) atoms. The minimum absolute atomic E-state index is 0.0811. The van der Waals surface area contributed by atoms with E-state index in [0.29, 0.717) is 30.5 Å². The number of nitro benzene ring substituents is 1. The van der Waals surface area contributed by atoms with Gasteiger partial charge in [0.15, 0.2) is 11.7 Å². The highest BCUT2D eigenvalue weighted by Gasteiger charge is 2.31.